The van der Waals surface area contributed by atoms with Crippen molar-refractivity contribution in [3.8, 4) is 11.5 Å². The van der Waals surface area contributed by atoms with E-state index in [2.05, 4.69) is 22.5 Å². The molecule has 2 rings (SSSR count). The number of hydrazone groups is 1. The van der Waals surface area contributed by atoms with Crippen LogP contribution in [-0.4, -0.2) is 29.2 Å². The molecule has 8 heteroatoms. The van der Waals surface area contributed by atoms with Crippen LogP contribution in [0, 0.1) is 0 Å². The average Bonchev–Trinajstić information content (AvgIpc) is 2.77. The van der Waals surface area contributed by atoms with Crippen molar-refractivity contribution in [3.63, 3.8) is 0 Å². The van der Waals surface area contributed by atoms with E-state index in [-0.39, 0.29) is 10.6 Å². The fourth-order valence-corrected chi connectivity index (χ4v) is 3.21. The summed E-state index contributed by atoms with van der Waals surface area (Å²) in [4.78, 5) is 11.8. The summed E-state index contributed by atoms with van der Waals surface area (Å²) in [6, 6.07) is 5.66. The molecule has 1 aromatic carbocycles. The van der Waals surface area contributed by atoms with Crippen molar-refractivity contribution >= 4 is 23.5 Å². The van der Waals surface area contributed by atoms with E-state index in [1.807, 2.05) is 25.1 Å². The molecule has 0 amide bonds. The van der Waals surface area contributed by atoms with Crippen LogP contribution in [0.25, 0.3) is 0 Å². The molecule has 0 atom stereocenters. The van der Waals surface area contributed by atoms with Crippen LogP contribution in [0.4, 0.5) is 5.69 Å². The number of rotatable bonds is 14. The molecular formula is C23H33ClN4O3. The normalized spacial score (nSPS) is 11.1. The summed E-state index contributed by atoms with van der Waals surface area (Å²) < 4.78 is 12.8. The summed E-state index contributed by atoms with van der Waals surface area (Å²) in [6.45, 7) is 5.39. The van der Waals surface area contributed by atoms with Gasteiger partial charge in [-0.3, -0.25) is 10.2 Å². The minimum absolute atomic E-state index is 0.0405. The molecule has 0 aliphatic carbocycles. The number of ether oxygens (including phenoxy) is 2. The number of nitrogens with one attached hydrogen (secondary N) is 1. The van der Waals surface area contributed by atoms with E-state index in [0.29, 0.717) is 24.7 Å². The van der Waals surface area contributed by atoms with Crippen LogP contribution in [0.3, 0.4) is 0 Å². The topological polar surface area (TPSA) is 77.7 Å². The van der Waals surface area contributed by atoms with Gasteiger partial charge in [-0.05, 0) is 37.1 Å². The fraction of sp³-hybridized carbons (Fsp3) is 0.522. The van der Waals surface area contributed by atoms with E-state index in [1.165, 1.54) is 51.8 Å². The van der Waals surface area contributed by atoms with Crippen molar-refractivity contribution in [2.45, 2.75) is 58.8 Å². The van der Waals surface area contributed by atoms with Crippen molar-refractivity contribution in [1.82, 2.24) is 9.78 Å². The molecule has 0 spiro atoms. The van der Waals surface area contributed by atoms with Gasteiger partial charge in [-0.2, -0.15) is 10.2 Å². The minimum atomic E-state index is -0.386. The maximum absolute atomic E-state index is 11.8. The van der Waals surface area contributed by atoms with E-state index in [0.717, 1.165) is 22.4 Å². The Hall–Kier alpha value is -2.54. The maximum atomic E-state index is 11.8. The molecule has 0 fully saturated rings. The molecule has 0 unspecified atom stereocenters. The molecule has 0 radical (unpaired) electrons. The lowest BCUT2D eigenvalue weighted by atomic mass is 10.1. The highest BCUT2D eigenvalue weighted by atomic mass is 35.5. The van der Waals surface area contributed by atoms with Gasteiger partial charge in [0.2, 0.25) is 0 Å². The van der Waals surface area contributed by atoms with Gasteiger partial charge in [0, 0.05) is 7.05 Å². The SMILES string of the molecule is CCCCCCCCCOc1ccc(/C=N\Nc2cnn(C)c(=O)c2Cl)cc1OCC. The van der Waals surface area contributed by atoms with E-state index in [4.69, 9.17) is 21.1 Å². The molecule has 0 saturated heterocycles. The van der Waals surface area contributed by atoms with Gasteiger partial charge in [0.1, 0.15) is 10.7 Å². The molecular weight excluding hydrogens is 416 g/mol. The number of nitrogens with zero attached hydrogens (tertiary/aromatic N) is 3. The predicted octanol–water partition coefficient (Wildman–Crippen LogP) is 5.41. The smallest absolute Gasteiger partial charge is 0.287 e. The molecule has 7 nitrogen and oxygen atoms in total. The maximum Gasteiger partial charge on any atom is 0.287 e. The van der Waals surface area contributed by atoms with Gasteiger partial charge in [0.25, 0.3) is 5.56 Å². The van der Waals surface area contributed by atoms with E-state index in [9.17, 15) is 4.79 Å². The molecule has 2 aromatic rings. The lowest BCUT2D eigenvalue weighted by molar-refractivity contribution is 0.270. The Bertz CT molecular complexity index is 899. The van der Waals surface area contributed by atoms with Gasteiger partial charge in [-0.15, -0.1) is 0 Å². The van der Waals surface area contributed by atoms with E-state index in [1.54, 1.807) is 6.21 Å². The lowest BCUT2D eigenvalue weighted by Gasteiger charge is -2.12. The summed E-state index contributed by atoms with van der Waals surface area (Å²) in [7, 11) is 1.54. The Morgan fingerprint density at radius 2 is 1.84 bits per heavy atom. The Kier molecular flexibility index (Phi) is 10.9. The van der Waals surface area contributed by atoms with Gasteiger partial charge in [-0.25, -0.2) is 4.68 Å². The van der Waals surface area contributed by atoms with Crippen LogP contribution < -0.4 is 20.5 Å². The molecule has 0 aliphatic rings. The van der Waals surface area contributed by atoms with Crippen LogP contribution in [-0.2, 0) is 7.05 Å². The lowest BCUT2D eigenvalue weighted by Crippen LogP contribution is -2.20. The summed E-state index contributed by atoms with van der Waals surface area (Å²) in [5, 5.41) is 8.11. The Balaban J connectivity index is 1.90. The summed E-state index contributed by atoms with van der Waals surface area (Å²) in [5.41, 5.74) is 3.54. The molecule has 0 aliphatic heterocycles. The van der Waals surface area contributed by atoms with E-state index < -0.39 is 0 Å². The number of benzene rings is 1. The first-order valence-electron chi connectivity index (χ1n) is 11.0. The monoisotopic (exact) mass is 448 g/mol. The third kappa shape index (κ3) is 8.25. The Morgan fingerprint density at radius 1 is 1.10 bits per heavy atom. The first-order chi connectivity index (χ1) is 15.1. The van der Waals surface area contributed by atoms with E-state index >= 15 is 0 Å². The quantitative estimate of drug-likeness (QED) is 0.237. The van der Waals surface area contributed by atoms with Gasteiger partial charge >= 0.3 is 0 Å². The highest BCUT2D eigenvalue weighted by Gasteiger charge is 2.08. The zero-order valence-corrected chi connectivity index (χ0v) is 19.5. The molecule has 31 heavy (non-hydrogen) atoms. The first kappa shape index (κ1) is 24.7. The van der Waals surface area contributed by atoms with Crippen LogP contribution in [0.5, 0.6) is 11.5 Å². The number of halogens is 1. The Labute approximate surface area is 189 Å². The highest BCUT2D eigenvalue weighted by molar-refractivity contribution is 6.32. The first-order valence-corrected chi connectivity index (χ1v) is 11.3. The van der Waals surface area contributed by atoms with Gasteiger partial charge in [-0.1, -0.05) is 57.0 Å². The second-order valence-corrected chi connectivity index (χ2v) is 7.66. The predicted molar refractivity (Wildman–Crippen MR) is 127 cm³/mol. The van der Waals surface area contributed by atoms with Crippen molar-refractivity contribution in [1.29, 1.82) is 0 Å². The van der Waals surface area contributed by atoms with Crippen LogP contribution >= 0.6 is 11.6 Å². The number of hydrogen-bond donors (Lipinski definition) is 1. The molecule has 1 N–H and O–H groups in total. The van der Waals surface area contributed by atoms with Crippen LogP contribution in [0.1, 0.15) is 64.4 Å². The Morgan fingerprint density at radius 3 is 2.58 bits per heavy atom. The molecule has 0 bridgehead atoms. The summed E-state index contributed by atoms with van der Waals surface area (Å²) in [5.74, 6) is 1.42. The average molecular weight is 449 g/mol. The minimum Gasteiger partial charge on any atom is -0.490 e. The van der Waals surface area contributed by atoms with Crippen LogP contribution in [0.15, 0.2) is 34.3 Å². The van der Waals surface area contributed by atoms with Crippen molar-refractivity contribution < 1.29 is 9.47 Å². The molecule has 170 valence electrons. The fourth-order valence-electron chi connectivity index (χ4n) is 3.00. The van der Waals surface area contributed by atoms with Crippen molar-refractivity contribution in [3.05, 3.63) is 45.3 Å². The largest absolute Gasteiger partial charge is 0.490 e. The third-order valence-corrected chi connectivity index (χ3v) is 5.12. The molecule has 0 saturated carbocycles. The van der Waals surface area contributed by atoms with Crippen molar-refractivity contribution in [2.75, 3.05) is 18.6 Å². The number of aromatic nitrogens is 2. The molecule has 1 aromatic heterocycles. The number of hydrogen-bond acceptors (Lipinski definition) is 6. The zero-order valence-electron chi connectivity index (χ0n) is 18.7. The number of anilines is 1. The highest BCUT2D eigenvalue weighted by Crippen LogP contribution is 2.28. The number of aryl methyl sites for hydroxylation is 1. The second-order valence-electron chi connectivity index (χ2n) is 7.28. The summed E-state index contributed by atoms with van der Waals surface area (Å²) in [6.07, 6.45) is 11.8. The second kappa shape index (κ2) is 13.7. The third-order valence-electron chi connectivity index (χ3n) is 4.75. The zero-order chi connectivity index (χ0) is 22.5. The summed E-state index contributed by atoms with van der Waals surface area (Å²) >= 11 is 6.02. The standard InChI is InChI=1S/C23H33ClN4O3/c1-4-6-7-8-9-10-11-14-31-20-13-12-18(15-21(20)30-5-2)16-25-27-19-17-26-28(3)23(29)22(19)24/h12-13,15-17,27H,4-11,14H2,1-3H3/b25-16-. The molecule has 1 heterocycles. The van der Waals surface area contributed by atoms with Gasteiger partial charge < -0.3 is 9.47 Å². The van der Waals surface area contributed by atoms with Crippen molar-refractivity contribution in [2.24, 2.45) is 12.1 Å². The van der Waals surface area contributed by atoms with Gasteiger partial charge in [0.05, 0.1) is 25.6 Å². The van der Waals surface area contributed by atoms with Gasteiger partial charge in [0.15, 0.2) is 11.5 Å². The van der Waals surface area contributed by atoms with Crippen LogP contribution in [0.2, 0.25) is 5.02 Å². The number of unbranched alkanes of at least 4 members (excludes halogenated alkanes) is 6.